The van der Waals surface area contributed by atoms with Gasteiger partial charge in [0.2, 0.25) is 0 Å². The van der Waals surface area contributed by atoms with Crippen molar-refractivity contribution < 1.29 is 0 Å². The average Bonchev–Trinajstić information content (AvgIpc) is 2.29. The highest BCUT2D eigenvalue weighted by molar-refractivity contribution is 6.04. The number of rotatable bonds is 0. The summed E-state index contributed by atoms with van der Waals surface area (Å²) in [6.45, 7) is 0. The van der Waals surface area contributed by atoms with Crippen LogP contribution in [0.25, 0.3) is 21.7 Å². The van der Waals surface area contributed by atoms with Gasteiger partial charge in [0.15, 0.2) is 0 Å². The molecule has 1 aromatic carbocycles. The zero-order chi connectivity index (χ0) is 9.38. The third-order valence-corrected chi connectivity index (χ3v) is 2.29. The van der Waals surface area contributed by atoms with Gasteiger partial charge in [0, 0.05) is 29.4 Å². The van der Waals surface area contributed by atoms with Gasteiger partial charge in [0.1, 0.15) is 6.33 Å². The minimum absolute atomic E-state index is 0.964. The van der Waals surface area contributed by atoms with Gasteiger partial charge in [-0.05, 0) is 11.5 Å². The third-order valence-electron chi connectivity index (χ3n) is 2.29. The van der Waals surface area contributed by atoms with Crippen molar-refractivity contribution in [2.24, 2.45) is 0 Å². The fourth-order valence-corrected chi connectivity index (χ4v) is 1.62. The molecule has 0 saturated carbocycles. The number of hydrogen-bond donors (Lipinski definition) is 0. The van der Waals surface area contributed by atoms with Crippen LogP contribution in [0, 0.1) is 0 Å². The highest BCUT2D eigenvalue weighted by Crippen LogP contribution is 2.21. The number of pyridine rings is 1. The van der Waals surface area contributed by atoms with Crippen LogP contribution in [-0.4, -0.2) is 15.0 Å². The van der Waals surface area contributed by atoms with Crippen molar-refractivity contribution in [2.75, 3.05) is 0 Å². The maximum atomic E-state index is 4.26. The van der Waals surface area contributed by atoms with Crippen LogP contribution in [0.2, 0.25) is 0 Å². The van der Waals surface area contributed by atoms with Gasteiger partial charge in [-0.2, -0.15) is 0 Å². The molecule has 0 bridgehead atoms. The lowest BCUT2D eigenvalue weighted by atomic mass is 10.1. The largest absolute Gasteiger partial charge is 0.264 e. The zero-order valence-corrected chi connectivity index (χ0v) is 7.38. The molecule has 0 N–H and O–H groups in total. The lowest BCUT2D eigenvalue weighted by Crippen LogP contribution is -1.83. The second-order valence-corrected chi connectivity index (χ2v) is 3.12. The molecule has 0 spiro atoms. The summed E-state index contributed by atoms with van der Waals surface area (Å²) < 4.78 is 0. The van der Waals surface area contributed by atoms with Crippen molar-refractivity contribution in [1.82, 2.24) is 15.0 Å². The summed E-state index contributed by atoms with van der Waals surface area (Å²) in [5.74, 6) is 0. The van der Waals surface area contributed by atoms with E-state index in [2.05, 4.69) is 21.0 Å². The van der Waals surface area contributed by atoms with E-state index in [-0.39, 0.29) is 0 Å². The second kappa shape index (κ2) is 2.73. The standard InChI is InChI=1S/C11H7N3/c1-2-9-5-13-7-14-11(9)10-6-12-4-3-8(1)10/h1-7H. The van der Waals surface area contributed by atoms with Gasteiger partial charge < -0.3 is 0 Å². The first-order chi connectivity index (χ1) is 6.95. The summed E-state index contributed by atoms with van der Waals surface area (Å²) in [4.78, 5) is 12.3. The van der Waals surface area contributed by atoms with Crippen LogP contribution in [0.3, 0.4) is 0 Å². The fourth-order valence-electron chi connectivity index (χ4n) is 1.62. The quantitative estimate of drug-likeness (QED) is 0.499. The summed E-state index contributed by atoms with van der Waals surface area (Å²) in [5, 5.41) is 3.28. The first-order valence-electron chi connectivity index (χ1n) is 4.37. The van der Waals surface area contributed by atoms with E-state index in [1.807, 2.05) is 24.5 Å². The van der Waals surface area contributed by atoms with E-state index in [1.54, 1.807) is 12.5 Å². The predicted molar refractivity (Wildman–Crippen MR) is 54.8 cm³/mol. The molecule has 14 heavy (non-hydrogen) atoms. The van der Waals surface area contributed by atoms with Crippen LogP contribution in [0.1, 0.15) is 0 Å². The lowest BCUT2D eigenvalue weighted by molar-refractivity contribution is 1.23. The molecular weight excluding hydrogens is 174 g/mol. The van der Waals surface area contributed by atoms with Crippen LogP contribution in [-0.2, 0) is 0 Å². The fraction of sp³-hybridized carbons (Fsp3) is 0. The van der Waals surface area contributed by atoms with Crippen LogP contribution in [0.15, 0.2) is 43.1 Å². The van der Waals surface area contributed by atoms with Crippen molar-refractivity contribution in [3.63, 3.8) is 0 Å². The SMILES string of the molecule is c1cc2ccc3cncnc3c2cn1. The maximum absolute atomic E-state index is 4.26. The second-order valence-electron chi connectivity index (χ2n) is 3.12. The van der Waals surface area contributed by atoms with Gasteiger partial charge in [-0.15, -0.1) is 0 Å². The molecule has 0 saturated heterocycles. The molecule has 2 heterocycles. The van der Waals surface area contributed by atoms with Crippen molar-refractivity contribution in [1.29, 1.82) is 0 Å². The number of fused-ring (bicyclic) bond motifs is 3. The minimum atomic E-state index is 0.964. The van der Waals surface area contributed by atoms with E-state index < -0.39 is 0 Å². The van der Waals surface area contributed by atoms with Crippen molar-refractivity contribution in [2.45, 2.75) is 0 Å². The lowest BCUT2D eigenvalue weighted by Gasteiger charge is -2.00. The summed E-state index contributed by atoms with van der Waals surface area (Å²) in [6, 6.07) is 6.07. The minimum Gasteiger partial charge on any atom is -0.264 e. The van der Waals surface area contributed by atoms with Crippen LogP contribution < -0.4 is 0 Å². The van der Waals surface area contributed by atoms with Crippen molar-refractivity contribution in [3.05, 3.63) is 43.1 Å². The van der Waals surface area contributed by atoms with E-state index in [9.17, 15) is 0 Å². The number of hydrogen-bond acceptors (Lipinski definition) is 3. The topological polar surface area (TPSA) is 38.7 Å². The highest BCUT2D eigenvalue weighted by Gasteiger charge is 1.99. The van der Waals surface area contributed by atoms with E-state index in [4.69, 9.17) is 0 Å². The molecule has 0 unspecified atom stereocenters. The molecule has 3 rings (SSSR count). The smallest absolute Gasteiger partial charge is 0.116 e. The van der Waals surface area contributed by atoms with Gasteiger partial charge in [-0.3, -0.25) is 4.98 Å². The van der Waals surface area contributed by atoms with Crippen molar-refractivity contribution in [3.8, 4) is 0 Å². The number of aromatic nitrogens is 3. The Labute approximate surface area is 80.5 Å². The highest BCUT2D eigenvalue weighted by atomic mass is 14.8. The van der Waals surface area contributed by atoms with E-state index in [0.29, 0.717) is 0 Å². The van der Waals surface area contributed by atoms with Gasteiger partial charge in [0.25, 0.3) is 0 Å². The van der Waals surface area contributed by atoms with E-state index in [0.717, 1.165) is 21.7 Å². The number of benzene rings is 1. The molecule has 2 aromatic heterocycles. The van der Waals surface area contributed by atoms with Gasteiger partial charge in [-0.25, -0.2) is 9.97 Å². The Morgan fingerprint density at radius 2 is 1.79 bits per heavy atom. The van der Waals surface area contributed by atoms with E-state index >= 15 is 0 Å². The third kappa shape index (κ3) is 0.956. The van der Waals surface area contributed by atoms with Gasteiger partial charge in [0.05, 0.1) is 5.52 Å². The average molecular weight is 181 g/mol. The van der Waals surface area contributed by atoms with Gasteiger partial charge >= 0.3 is 0 Å². The molecule has 0 amide bonds. The summed E-state index contributed by atoms with van der Waals surface area (Å²) in [7, 11) is 0. The molecule has 3 nitrogen and oxygen atoms in total. The predicted octanol–water partition coefficient (Wildman–Crippen LogP) is 2.18. The monoisotopic (exact) mass is 181 g/mol. The Morgan fingerprint density at radius 1 is 0.857 bits per heavy atom. The molecule has 3 aromatic rings. The summed E-state index contributed by atoms with van der Waals surface area (Å²) >= 11 is 0. The van der Waals surface area contributed by atoms with Crippen LogP contribution in [0.5, 0.6) is 0 Å². The maximum Gasteiger partial charge on any atom is 0.116 e. The summed E-state index contributed by atoms with van der Waals surface area (Å²) in [5.41, 5.74) is 0.964. The Balaban J connectivity index is 2.61. The molecule has 66 valence electrons. The first kappa shape index (κ1) is 7.38. The van der Waals surface area contributed by atoms with Crippen LogP contribution >= 0.6 is 0 Å². The normalized spacial score (nSPS) is 10.9. The molecule has 0 aliphatic heterocycles. The molecule has 0 radical (unpaired) electrons. The van der Waals surface area contributed by atoms with Crippen LogP contribution in [0.4, 0.5) is 0 Å². The molecule has 0 aliphatic carbocycles. The Kier molecular flexibility index (Phi) is 1.44. The molecule has 0 atom stereocenters. The Hall–Kier alpha value is -2.03. The zero-order valence-electron chi connectivity index (χ0n) is 7.38. The van der Waals surface area contributed by atoms with E-state index in [1.165, 1.54) is 0 Å². The molecule has 0 aliphatic rings. The molecule has 3 heteroatoms. The Morgan fingerprint density at radius 3 is 2.79 bits per heavy atom. The Bertz CT molecular complexity index is 550. The van der Waals surface area contributed by atoms with Gasteiger partial charge in [-0.1, -0.05) is 12.1 Å². The first-order valence-corrected chi connectivity index (χ1v) is 4.37. The van der Waals surface area contributed by atoms with Crippen molar-refractivity contribution >= 4 is 21.7 Å². The molecule has 0 fully saturated rings. The molecular formula is C11H7N3. The number of nitrogens with zero attached hydrogens (tertiary/aromatic N) is 3. The summed E-state index contributed by atoms with van der Waals surface area (Å²) in [6.07, 6.45) is 7.00.